The molecule has 17 heavy (non-hydrogen) atoms. The first kappa shape index (κ1) is 11.9. The molecule has 1 aliphatic heterocycles. The number of ether oxygens (including phenoxy) is 1. The summed E-state index contributed by atoms with van der Waals surface area (Å²) in [6, 6.07) is 0. The SMILES string of the molecule is CC1CC(O)(C2(CN)CC3CCC2C3)CCO1. The van der Waals surface area contributed by atoms with E-state index in [9.17, 15) is 5.11 Å². The molecule has 0 radical (unpaired) electrons. The van der Waals surface area contributed by atoms with Crippen LogP contribution in [0.5, 0.6) is 0 Å². The van der Waals surface area contributed by atoms with E-state index >= 15 is 0 Å². The van der Waals surface area contributed by atoms with E-state index in [1.807, 2.05) is 0 Å². The topological polar surface area (TPSA) is 55.5 Å². The van der Waals surface area contributed by atoms with Gasteiger partial charge >= 0.3 is 0 Å². The van der Waals surface area contributed by atoms with Crippen molar-refractivity contribution in [1.29, 1.82) is 0 Å². The van der Waals surface area contributed by atoms with Gasteiger partial charge in [-0.25, -0.2) is 0 Å². The van der Waals surface area contributed by atoms with E-state index in [0.29, 0.717) is 19.1 Å². The van der Waals surface area contributed by atoms with Crippen LogP contribution in [0.4, 0.5) is 0 Å². The zero-order valence-corrected chi connectivity index (χ0v) is 10.8. The van der Waals surface area contributed by atoms with Gasteiger partial charge in [0.15, 0.2) is 0 Å². The van der Waals surface area contributed by atoms with Gasteiger partial charge in [-0.05, 0) is 38.0 Å². The van der Waals surface area contributed by atoms with E-state index < -0.39 is 5.60 Å². The Balaban J connectivity index is 1.89. The summed E-state index contributed by atoms with van der Waals surface area (Å²) in [7, 11) is 0. The standard InChI is InChI=1S/C14H25NO2/c1-10-7-14(16,4-5-17-10)13(9-15)8-11-2-3-12(13)6-11/h10-12,16H,2-9,15H2,1H3. The Morgan fingerprint density at radius 1 is 1.35 bits per heavy atom. The lowest BCUT2D eigenvalue weighted by atomic mass is 9.59. The fourth-order valence-corrected chi connectivity index (χ4v) is 4.97. The molecule has 0 spiro atoms. The summed E-state index contributed by atoms with van der Waals surface area (Å²) >= 11 is 0. The van der Waals surface area contributed by atoms with Crippen molar-refractivity contribution in [3.05, 3.63) is 0 Å². The van der Waals surface area contributed by atoms with E-state index in [-0.39, 0.29) is 11.5 Å². The molecule has 3 fully saturated rings. The summed E-state index contributed by atoms with van der Waals surface area (Å²) in [5.41, 5.74) is 5.54. The Morgan fingerprint density at radius 3 is 2.71 bits per heavy atom. The van der Waals surface area contributed by atoms with Gasteiger partial charge in [0.2, 0.25) is 0 Å². The van der Waals surface area contributed by atoms with E-state index in [1.54, 1.807) is 0 Å². The molecule has 1 saturated heterocycles. The third kappa shape index (κ3) is 1.59. The second kappa shape index (κ2) is 3.94. The highest BCUT2D eigenvalue weighted by atomic mass is 16.5. The molecule has 5 atom stereocenters. The van der Waals surface area contributed by atoms with E-state index in [4.69, 9.17) is 10.5 Å². The number of aliphatic hydroxyl groups is 1. The molecule has 3 heteroatoms. The minimum absolute atomic E-state index is 0.00600. The first-order chi connectivity index (χ1) is 8.10. The second-order valence-electron chi connectivity index (χ2n) is 6.61. The van der Waals surface area contributed by atoms with Crippen LogP contribution in [0.25, 0.3) is 0 Å². The molecular weight excluding hydrogens is 214 g/mol. The average molecular weight is 239 g/mol. The summed E-state index contributed by atoms with van der Waals surface area (Å²) < 4.78 is 5.60. The van der Waals surface area contributed by atoms with Crippen LogP contribution >= 0.6 is 0 Å². The third-order valence-electron chi connectivity index (χ3n) is 5.81. The first-order valence-corrected chi connectivity index (χ1v) is 7.14. The molecule has 2 bridgehead atoms. The van der Waals surface area contributed by atoms with Crippen molar-refractivity contribution in [3.63, 3.8) is 0 Å². The van der Waals surface area contributed by atoms with Gasteiger partial charge in [0.05, 0.1) is 11.7 Å². The van der Waals surface area contributed by atoms with Crippen LogP contribution in [-0.2, 0) is 4.74 Å². The lowest BCUT2D eigenvalue weighted by Crippen LogP contribution is -2.59. The molecule has 98 valence electrons. The Hall–Kier alpha value is -0.120. The van der Waals surface area contributed by atoms with Crippen LogP contribution in [-0.4, -0.2) is 30.0 Å². The maximum atomic E-state index is 11.2. The van der Waals surface area contributed by atoms with E-state index in [0.717, 1.165) is 25.2 Å². The molecule has 0 aromatic heterocycles. The van der Waals surface area contributed by atoms with Gasteiger partial charge in [0.1, 0.15) is 0 Å². The second-order valence-corrected chi connectivity index (χ2v) is 6.61. The fourth-order valence-electron chi connectivity index (χ4n) is 4.97. The fraction of sp³-hybridized carbons (Fsp3) is 1.00. The Labute approximate surface area is 104 Å². The smallest absolute Gasteiger partial charge is 0.0765 e. The molecule has 5 unspecified atom stereocenters. The summed E-state index contributed by atoms with van der Waals surface area (Å²) in [6.07, 6.45) is 6.81. The molecule has 3 N–H and O–H groups in total. The maximum Gasteiger partial charge on any atom is 0.0765 e. The van der Waals surface area contributed by atoms with Gasteiger partial charge in [-0.15, -0.1) is 0 Å². The predicted octanol–water partition coefficient (Wildman–Crippen LogP) is 1.68. The summed E-state index contributed by atoms with van der Waals surface area (Å²) in [4.78, 5) is 0. The van der Waals surface area contributed by atoms with Crippen molar-refractivity contribution in [2.75, 3.05) is 13.2 Å². The van der Waals surface area contributed by atoms with Crippen molar-refractivity contribution in [3.8, 4) is 0 Å². The molecule has 1 heterocycles. The number of fused-ring (bicyclic) bond motifs is 2. The normalized spacial score (nSPS) is 54.2. The lowest BCUT2D eigenvalue weighted by Gasteiger charge is -2.52. The van der Waals surface area contributed by atoms with Gasteiger partial charge in [-0.2, -0.15) is 0 Å². The van der Waals surface area contributed by atoms with E-state index in [1.165, 1.54) is 19.3 Å². The molecule has 2 aliphatic carbocycles. The van der Waals surface area contributed by atoms with E-state index in [2.05, 4.69) is 6.92 Å². The zero-order chi connectivity index (χ0) is 12.1. The molecule has 0 aromatic rings. The minimum atomic E-state index is -0.570. The van der Waals surface area contributed by atoms with Crippen LogP contribution in [0, 0.1) is 17.3 Å². The Kier molecular flexibility index (Phi) is 2.77. The quantitative estimate of drug-likeness (QED) is 0.771. The first-order valence-electron chi connectivity index (χ1n) is 7.14. The van der Waals surface area contributed by atoms with Crippen molar-refractivity contribution < 1.29 is 9.84 Å². The van der Waals surface area contributed by atoms with Crippen molar-refractivity contribution in [1.82, 2.24) is 0 Å². The number of hydrogen-bond acceptors (Lipinski definition) is 3. The van der Waals surface area contributed by atoms with Gasteiger partial charge in [-0.1, -0.05) is 6.42 Å². The highest BCUT2D eigenvalue weighted by Gasteiger charge is 2.61. The molecule has 0 amide bonds. The Bertz CT molecular complexity index is 309. The predicted molar refractivity (Wildman–Crippen MR) is 66.5 cm³/mol. The average Bonchev–Trinajstić information content (AvgIpc) is 2.88. The van der Waals surface area contributed by atoms with Crippen molar-refractivity contribution in [2.45, 2.75) is 57.2 Å². The van der Waals surface area contributed by atoms with Crippen molar-refractivity contribution >= 4 is 0 Å². The van der Waals surface area contributed by atoms with Crippen LogP contribution in [0.3, 0.4) is 0 Å². The molecule has 2 saturated carbocycles. The summed E-state index contributed by atoms with van der Waals surface area (Å²) in [6.45, 7) is 3.41. The minimum Gasteiger partial charge on any atom is -0.389 e. The summed E-state index contributed by atoms with van der Waals surface area (Å²) in [5, 5.41) is 11.2. The van der Waals surface area contributed by atoms with Gasteiger partial charge in [0, 0.05) is 31.4 Å². The van der Waals surface area contributed by atoms with Crippen LogP contribution in [0.15, 0.2) is 0 Å². The van der Waals surface area contributed by atoms with Crippen molar-refractivity contribution in [2.24, 2.45) is 23.0 Å². The largest absolute Gasteiger partial charge is 0.389 e. The number of nitrogens with two attached hydrogens (primary N) is 1. The highest BCUT2D eigenvalue weighted by Crippen LogP contribution is 2.62. The summed E-state index contributed by atoms with van der Waals surface area (Å²) in [5.74, 6) is 1.48. The molecular formula is C14H25NO2. The van der Waals surface area contributed by atoms with Gasteiger partial charge < -0.3 is 15.6 Å². The van der Waals surface area contributed by atoms with Crippen LogP contribution in [0.2, 0.25) is 0 Å². The van der Waals surface area contributed by atoms with Gasteiger partial charge in [-0.3, -0.25) is 0 Å². The molecule has 3 aliphatic rings. The van der Waals surface area contributed by atoms with Gasteiger partial charge in [0.25, 0.3) is 0 Å². The number of hydrogen-bond donors (Lipinski definition) is 2. The molecule has 3 nitrogen and oxygen atoms in total. The number of rotatable bonds is 2. The molecule has 0 aromatic carbocycles. The lowest BCUT2D eigenvalue weighted by molar-refractivity contribution is -0.178. The van der Waals surface area contributed by atoms with Crippen LogP contribution in [0.1, 0.15) is 45.4 Å². The highest BCUT2D eigenvalue weighted by molar-refractivity contribution is 5.12. The third-order valence-corrected chi connectivity index (χ3v) is 5.81. The maximum absolute atomic E-state index is 11.2. The molecule has 3 rings (SSSR count). The monoisotopic (exact) mass is 239 g/mol. The zero-order valence-electron chi connectivity index (χ0n) is 10.8. The van der Waals surface area contributed by atoms with Crippen LogP contribution < -0.4 is 5.73 Å². The Morgan fingerprint density at radius 2 is 2.18 bits per heavy atom.